The van der Waals surface area contributed by atoms with Crippen molar-refractivity contribution in [3.8, 4) is 11.3 Å². The van der Waals surface area contributed by atoms with Gasteiger partial charge in [0.25, 0.3) is 0 Å². The van der Waals surface area contributed by atoms with Crippen molar-refractivity contribution >= 4 is 11.8 Å². The number of aliphatic hydroxyl groups is 1. The topological polar surface area (TPSA) is 46.3 Å². The lowest BCUT2D eigenvalue weighted by molar-refractivity contribution is 0.218. The summed E-state index contributed by atoms with van der Waals surface area (Å²) in [4.78, 5) is 4.10. The molecule has 0 fully saturated rings. The second kappa shape index (κ2) is 6.86. The van der Waals surface area contributed by atoms with Gasteiger partial charge in [-0.25, -0.2) is 4.39 Å². The summed E-state index contributed by atoms with van der Waals surface area (Å²) in [6.45, 7) is 0. The molecule has 0 aliphatic carbocycles. The molecular weight excluding hydrogens is 337 g/mol. The molecule has 3 nitrogen and oxygen atoms in total. The van der Waals surface area contributed by atoms with Crippen molar-refractivity contribution in [1.82, 2.24) is 4.98 Å². The lowest BCUT2D eigenvalue weighted by atomic mass is 9.94. The van der Waals surface area contributed by atoms with Crippen molar-refractivity contribution in [2.45, 2.75) is 17.8 Å². The Hall–Kier alpha value is -2.37. The third-order valence-electron chi connectivity index (χ3n) is 4.28. The minimum Gasteiger partial charge on any atom is -0.464 e. The molecule has 0 saturated heterocycles. The van der Waals surface area contributed by atoms with Crippen LogP contribution in [-0.2, 0) is 0 Å². The van der Waals surface area contributed by atoms with E-state index in [1.807, 2.05) is 6.07 Å². The van der Waals surface area contributed by atoms with Crippen LogP contribution in [0, 0.1) is 5.82 Å². The summed E-state index contributed by atoms with van der Waals surface area (Å²) in [5.74, 6) is 0.263. The molecule has 0 bridgehead atoms. The second-order valence-electron chi connectivity index (χ2n) is 5.86. The molecule has 1 aliphatic heterocycles. The molecule has 1 aliphatic rings. The van der Waals surface area contributed by atoms with Gasteiger partial charge in [0.05, 0.1) is 6.26 Å². The predicted molar refractivity (Wildman–Crippen MR) is 96.5 cm³/mol. The lowest BCUT2D eigenvalue weighted by Gasteiger charge is -2.16. The molecule has 3 aromatic rings. The number of benzene rings is 1. The number of aliphatic hydroxyl groups excluding tert-OH is 1. The minimum atomic E-state index is -0.858. The van der Waals surface area contributed by atoms with Gasteiger partial charge in [0.15, 0.2) is 0 Å². The Morgan fingerprint density at radius 3 is 2.76 bits per heavy atom. The van der Waals surface area contributed by atoms with Crippen molar-refractivity contribution in [2.24, 2.45) is 0 Å². The van der Waals surface area contributed by atoms with Crippen molar-refractivity contribution in [3.63, 3.8) is 0 Å². The number of rotatable bonds is 4. The van der Waals surface area contributed by atoms with Gasteiger partial charge in [-0.15, -0.1) is 11.8 Å². The first-order valence-corrected chi connectivity index (χ1v) is 8.94. The van der Waals surface area contributed by atoms with Crippen molar-refractivity contribution in [3.05, 3.63) is 89.0 Å². The van der Waals surface area contributed by atoms with Crippen LogP contribution in [0.2, 0.25) is 0 Å². The Morgan fingerprint density at radius 1 is 1.24 bits per heavy atom. The summed E-state index contributed by atoms with van der Waals surface area (Å²) >= 11 is 1.71. The van der Waals surface area contributed by atoms with Gasteiger partial charge < -0.3 is 9.52 Å². The molecule has 0 saturated carbocycles. The number of allylic oxidation sites excluding steroid dienone is 1. The van der Waals surface area contributed by atoms with E-state index in [2.05, 4.69) is 16.5 Å². The van der Waals surface area contributed by atoms with E-state index in [-0.39, 0.29) is 11.1 Å². The first kappa shape index (κ1) is 16.1. The highest BCUT2D eigenvalue weighted by Gasteiger charge is 2.28. The summed E-state index contributed by atoms with van der Waals surface area (Å²) in [6.07, 6.45) is 7.17. The molecule has 25 heavy (non-hydrogen) atoms. The fraction of sp³-hybridized carbons (Fsp3) is 0.150. The summed E-state index contributed by atoms with van der Waals surface area (Å²) < 4.78 is 19.1. The van der Waals surface area contributed by atoms with Crippen LogP contribution in [0.1, 0.15) is 34.5 Å². The number of aromatic nitrogens is 1. The van der Waals surface area contributed by atoms with Gasteiger partial charge in [-0.1, -0.05) is 12.1 Å². The van der Waals surface area contributed by atoms with Gasteiger partial charge in [0.1, 0.15) is 17.7 Å². The monoisotopic (exact) mass is 353 g/mol. The van der Waals surface area contributed by atoms with Gasteiger partial charge in [-0.3, -0.25) is 4.98 Å². The van der Waals surface area contributed by atoms with Crippen LogP contribution in [0.5, 0.6) is 0 Å². The molecule has 3 heterocycles. The molecule has 2 atom stereocenters. The average Bonchev–Trinajstić information content (AvgIpc) is 3.32. The number of furan rings is 1. The normalized spacial score (nSPS) is 17.8. The highest BCUT2D eigenvalue weighted by molar-refractivity contribution is 8.02. The SMILES string of the molecule is OC(c1cccnc1)c1c(C2CC=CS2)coc1-c1ccc(F)cc1. The van der Waals surface area contributed by atoms with E-state index in [9.17, 15) is 9.50 Å². The largest absolute Gasteiger partial charge is 0.464 e. The van der Waals surface area contributed by atoms with E-state index in [1.54, 1.807) is 48.6 Å². The van der Waals surface area contributed by atoms with Gasteiger partial charge in [-0.05, 0) is 42.2 Å². The van der Waals surface area contributed by atoms with E-state index >= 15 is 0 Å². The third kappa shape index (κ3) is 3.13. The second-order valence-corrected chi connectivity index (χ2v) is 6.98. The van der Waals surface area contributed by atoms with Crippen LogP contribution in [0.4, 0.5) is 4.39 Å². The number of pyridine rings is 1. The number of halogens is 1. The fourth-order valence-electron chi connectivity index (χ4n) is 3.03. The van der Waals surface area contributed by atoms with E-state index in [1.165, 1.54) is 12.1 Å². The number of hydrogen-bond donors (Lipinski definition) is 1. The Bertz CT molecular complexity index is 882. The summed E-state index contributed by atoms with van der Waals surface area (Å²) in [7, 11) is 0. The van der Waals surface area contributed by atoms with Crippen LogP contribution in [-0.4, -0.2) is 10.1 Å². The molecule has 2 aromatic heterocycles. The molecule has 2 unspecified atom stereocenters. The van der Waals surface area contributed by atoms with Gasteiger partial charge in [0.2, 0.25) is 0 Å². The van der Waals surface area contributed by atoms with E-state index < -0.39 is 6.10 Å². The third-order valence-corrected chi connectivity index (χ3v) is 5.40. The van der Waals surface area contributed by atoms with E-state index in [4.69, 9.17) is 4.42 Å². The zero-order valence-electron chi connectivity index (χ0n) is 13.3. The zero-order valence-corrected chi connectivity index (χ0v) is 14.1. The number of nitrogens with zero attached hydrogens (tertiary/aromatic N) is 1. The Labute approximate surface area is 149 Å². The molecular formula is C20H16FNO2S. The summed E-state index contributed by atoms with van der Waals surface area (Å²) in [5.41, 5.74) is 3.12. The molecule has 1 N–H and O–H groups in total. The van der Waals surface area contributed by atoms with E-state index in [0.717, 1.165) is 23.1 Å². The maximum absolute atomic E-state index is 13.3. The summed E-state index contributed by atoms with van der Waals surface area (Å²) in [6, 6.07) is 9.74. The van der Waals surface area contributed by atoms with E-state index in [0.29, 0.717) is 11.3 Å². The number of hydrogen-bond acceptors (Lipinski definition) is 4. The molecule has 4 rings (SSSR count). The highest BCUT2D eigenvalue weighted by atomic mass is 32.2. The molecule has 5 heteroatoms. The number of thioether (sulfide) groups is 1. The molecule has 0 radical (unpaired) electrons. The Morgan fingerprint density at radius 2 is 2.08 bits per heavy atom. The maximum Gasteiger partial charge on any atom is 0.140 e. The van der Waals surface area contributed by atoms with Crippen LogP contribution in [0.3, 0.4) is 0 Å². The molecule has 0 spiro atoms. The Balaban J connectivity index is 1.83. The molecule has 126 valence electrons. The van der Waals surface area contributed by atoms with Gasteiger partial charge in [0, 0.05) is 39.9 Å². The fourth-order valence-corrected chi connectivity index (χ4v) is 3.99. The molecule has 1 aromatic carbocycles. The van der Waals surface area contributed by atoms with Crippen molar-refractivity contribution in [1.29, 1.82) is 0 Å². The first-order chi connectivity index (χ1) is 12.2. The maximum atomic E-state index is 13.3. The predicted octanol–water partition coefficient (Wildman–Crippen LogP) is 5.25. The highest BCUT2D eigenvalue weighted by Crippen LogP contribution is 2.46. The lowest BCUT2D eigenvalue weighted by Crippen LogP contribution is -2.05. The summed E-state index contributed by atoms with van der Waals surface area (Å²) in [5, 5.41) is 13.3. The van der Waals surface area contributed by atoms with Crippen LogP contribution < -0.4 is 0 Å². The smallest absolute Gasteiger partial charge is 0.140 e. The van der Waals surface area contributed by atoms with Gasteiger partial charge in [-0.2, -0.15) is 0 Å². The zero-order chi connectivity index (χ0) is 17.2. The minimum absolute atomic E-state index is 0.208. The van der Waals surface area contributed by atoms with Crippen LogP contribution in [0.15, 0.2) is 71.0 Å². The Kier molecular flexibility index (Phi) is 4.42. The van der Waals surface area contributed by atoms with Gasteiger partial charge >= 0.3 is 0 Å². The van der Waals surface area contributed by atoms with Crippen LogP contribution >= 0.6 is 11.8 Å². The quantitative estimate of drug-likeness (QED) is 0.695. The standard InChI is InChI=1S/C20H16FNO2S/c21-15-7-5-13(6-8-15)20-18(19(23)14-3-1-9-22-11-14)16(12-24-20)17-4-2-10-25-17/h1-3,5-12,17,19,23H,4H2. The molecule has 0 amide bonds. The van der Waals surface area contributed by atoms with Crippen LogP contribution in [0.25, 0.3) is 11.3 Å². The van der Waals surface area contributed by atoms with Crippen molar-refractivity contribution < 1.29 is 13.9 Å². The van der Waals surface area contributed by atoms with Crippen molar-refractivity contribution in [2.75, 3.05) is 0 Å². The average molecular weight is 353 g/mol. The first-order valence-electron chi connectivity index (χ1n) is 7.99.